The van der Waals surface area contributed by atoms with E-state index in [-0.39, 0.29) is 24.1 Å². The number of rotatable bonds is 7. The molecule has 4 nitrogen and oxygen atoms in total. The molecule has 6 heteroatoms. The topological polar surface area (TPSA) is 57.6 Å². The molecule has 2 fully saturated rings. The number of aryl methyl sites for hydroxylation is 1. The Morgan fingerprint density at radius 2 is 1.96 bits per heavy atom. The van der Waals surface area contributed by atoms with Gasteiger partial charge in [-0.1, -0.05) is 36.9 Å². The lowest BCUT2D eigenvalue weighted by Gasteiger charge is -2.31. The van der Waals surface area contributed by atoms with E-state index in [1.165, 1.54) is 19.3 Å². The first-order valence-corrected chi connectivity index (χ1v) is 10.3. The Morgan fingerprint density at radius 1 is 1.22 bits per heavy atom. The van der Waals surface area contributed by atoms with Crippen molar-refractivity contribution in [3.05, 3.63) is 34.1 Å². The van der Waals surface area contributed by atoms with E-state index in [0.717, 1.165) is 25.8 Å². The lowest BCUT2D eigenvalue weighted by atomic mass is 9.93. The SMILES string of the molecule is O=C(O)CCCc1ccc(Cl)c(CC2CCN(C3CCCCC3)C2=O)c1F. The molecule has 0 aromatic heterocycles. The van der Waals surface area contributed by atoms with E-state index >= 15 is 0 Å². The summed E-state index contributed by atoms with van der Waals surface area (Å²) in [5.41, 5.74) is 0.874. The maximum atomic E-state index is 14.9. The quantitative estimate of drug-likeness (QED) is 0.733. The second-order valence-electron chi connectivity index (χ2n) is 7.76. The zero-order chi connectivity index (χ0) is 19.4. The molecule has 1 heterocycles. The van der Waals surface area contributed by atoms with Crippen LogP contribution in [-0.2, 0) is 22.4 Å². The Bertz CT molecular complexity index is 703. The van der Waals surface area contributed by atoms with Crippen LogP contribution in [0.5, 0.6) is 0 Å². The molecular weight excluding hydrogens is 369 g/mol. The number of carboxylic acids is 1. The van der Waals surface area contributed by atoms with Crippen molar-refractivity contribution >= 4 is 23.5 Å². The fraction of sp³-hybridized carbons (Fsp3) is 0.619. The van der Waals surface area contributed by atoms with Crippen molar-refractivity contribution in [2.75, 3.05) is 6.54 Å². The molecule has 1 aromatic carbocycles. The summed E-state index contributed by atoms with van der Waals surface area (Å²) in [5, 5.41) is 9.10. The third-order valence-electron chi connectivity index (χ3n) is 5.92. The number of likely N-dealkylation sites (tertiary alicyclic amines) is 1. The van der Waals surface area contributed by atoms with Crippen molar-refractivity contribution in [3.63, 3.8) is 0 Å². The molecule has 1 saturated carbocycles. The Balaban J connectivity index is 1.67. The van der Waals surface area contributed by atoms with Crippen LogP contribution in [-0.4, -0.2) is 34.5 Å². The minimum absolute atomic E-state index is 0.00879. The van der Waals surface area contributed by atoms with Gasteiger partial charge in [-0.2, -0.15) is 0 Å². The highest BCUT2D eigenvalue weighted by atomic mass is 35.5. The summed E-state index contributed by atoms with van der Waals surface area (Å²) in [4.78, 5) is 25.5. The van der Waals surface area contributed by atoms with E-state index in [0.29, 0.717) is 41.5 Å². The van der Waals surface area contributed by atoms with Crippen LogP contribution >= 0.6 is 11.6 Å². The highest BCUT2D eigenvalue weighted by molar-refractivity contribution is 6.31. The second kappa shape index (κ2) is 9.05. The first-order chi connectivity index (χ1) is 13.0. The zero-order valence-corrected chi connectivity index (χ0v) is 16.3. The van der Waals surface area contributed by atoms with Crippen molar-refractivity contribution in [1.29, 1.82) is 0 Å². The van der Waals surface area contributed by atoms with Gasteiger partial charge in [0.05, 0.1) is 0 Å². The Hall–Kier alpha value is -1.62. The van der Waals surface area contributed by atoms with E-state index in [1.54, 1.807) is 12.1 Å². The summed E-state index contributed by atoms with van der Waals surface area (Å²) in [6, 6.07) is 3.63. The Morgan fingerprint density at radius 3 is 2.67 bits per heavy atom. The molecule has 1 aromatic rings. The number of carbonyl (C=O) groups excluding carboxylic acids is 1. The highest BCUT2D eigenvalue weighted by Gasteiger charge is 2.36. The molecule has 1 aliphatic heterocycles. The fourth-order valence-corrected chi connectivity index (χ4v) is 4.63. The number of aliphatic carboxylic acids is 1. The van der Waals surface area contributed by atoms with E-state index < -0.39 is 5.97 Å². The van der Waals surface area contributed by atoms with Crippen LogP contribution in [0.25, 0.3) is 0 Å². The van der Waals surface area contributed by atoms with Crippen molar-refractivity contribution in [2.24, 2.45) is 5.92 Å². The molecule has 27 heavy (non-hydrogen) atoms. The van der Waals surface area contributed by atoms with Gasteiger partial charge in [-0.25, -0.2) is 4.39 Å². The second-order valence-corrected chi connectivity index (χ2v) is 8.17. The van der Waals surface area contributed by atoms with Gasteiger partial charge in [0.25, 0.3) is 0 Å². The number of carbonyl (C=O) groups is 2. The molecule has 0 radical (unpaired) electrons. The van der Waals surface area contributed by atoms with Gasteiger partial charge in [-0.05, 0) is 50.2 Å². The molecule has 1 aliphatic carbocycles. The number of nitrogens with zero attached hydrogens (tertiary/aromatic N) is 1. The van der Waals surface area contributed by atoms with Crippen LogP contribution in [0.15, 0.2) is 12.1 Å². The first-order valence-electron chi connectivity index (χ1n) is 9.95. The van der Waals surface area contributed by atoms with Crippen molar-refractivity contribution < 1.29 is 19.1 Å². The minimum atomic E-state index is -0.885. The van der Waals surface area contributed by atoms with Crippen LogP contribution < -0.4 is 0 Å². The van der Waals surface area contributed by atoms with Crippen molar-refractivity contribution in [1.82, 2.24) is 4.90 Å². The van der Waals surface area contributed by atoms with E-state index in [9.17, 15) is 14.0 Å². The third-order valence-corrected chi connectivity index (χ3v) is 6.27. The monoisotopic (exact) mass is 395 g/mol. The van der Waals surface area contributed by atoms with E-state index in [4.69, 9.17) is 16.7 Å². The van der Waals surface area contributed by atoms with Gasteiger partial charge in [-0.3, -0.25) is 9.59 Å². The van der Waals surface area contributed by atoms with Crippen LogP contribution in [0.1, 0.15) is 62.5 Å². The minimum Gasteiger partial charge on any atom is -0.481 e. The number of amides is 1. The Labute approximate surface area is 164 Å². The predicted octanol–water partition coefficient (Wildman–Crippen LogP) is 4.61. The molecule has 2 aliphatic rings. The van der Waals surface area contributed by atoms with Crippen LogP contribution in [0, 0.1) is 11.7 Å². The van der Waals surface area contributed by atoms with Gasteiger partial charge < -0.3 is 10.0 Å². The first kappa shape index (κ1) is 20.1. The van der Waals surface area contributed by atoms with Crippen LogP contribution in [0.3, 0.4) is 0 Å². The lowest BCUT2D eigenvalue weighted by molar-refractivity contribution is -0.137. The molecule has 0 bridgehead atoms. The standard InChI is InChI=1S/C21H27ClFNO3/c22-18-10-9-14(5-4-8-19(25)26)20(23)17(18)13-15-11-12-24(21(15)27)16-6-2-1-3-7-16/h9-10,15-16H,1-8,11-13H2,(H,25,26). The zero-order valence-electron chi connectivity index (χ0n) is 15.6. The van der Waals surface area contributed by atoms with Crippen LogP contribution in [0.2, 0.25) is 5.02 Å². The molecular formula is C21H27ClFNO3. The summed E-state index contributed by atoms with van der Waals surface area (Å²) in [7, 11) is 0. The van der Waals surface area contributed by atoms with Gasteiger partial charge in [0.15, 0.2) is 0 Å². The number of halogens is 2. The van der Waals surface area contributed by atoms with Gasteiger partial charge >= 0.3 is 5.97 Å². The van der Waals surface area contributed by atoms with Gasteiger partial charge in [0.2, 0.25) is 5.91 Å². The molecule has 1 atom stereocenters. The summed E-state index contributed by atoms with van der Waals surface area (Å²) >= 11 is 6.24. The molecule has 1 unspecified atom stereocenters. The van der Waals surface area contributed by atoms with Gasteiger partial charge in [0, 0.05) is 35.5 Å². The van der Waals surface area contributed by atoms with Crippen LogP contribution in [0.4, 0.5) is 4.39 Å². The predicted molar refractivity (Wildman–Crippen MR) is 102 cm³/mol. The summed E-state index contributed by atoms with van der Waals surface area (Å²) in [6.07, 6.45) is 7.57. The van der Waals surface area contributed by atoms with Gasteiger partial charge in [-0.15, -0.1) is 0 Å². The number of hydrogen-bond donors (Lipinski definition) is 1. The number of carboxylic acid groups (broad SMARTS) is 1. The van der Waals surface area contributed by atoms with E-state index in [1.807, 2.05) is 4.90 Å². The largest absolute Gasteiger partial charge is 0.481 e. The molecule has 3 rings (SSSR count). The third kappa shape index (κ3) is 4.81. The summed E-state index contributed by atoms with van der Waals surface area (Å²) < 4.78 is 14.9. The summed E-state index contributed by atoms with van der Waals surface area (Å²) in [6.45, 7) is 0.756. The maximum absolute atomic E-state index is 14.9. The van der Waals surface area contributed by atoms with E-state index in [2.05, 4.69) is 0 Å². The summed E-state index contributed by atoms with van der Waals surface area (Å²) in [5.74, 6) is -1.34. The van der Waals surface area contributed by atoms with Gasteiger partial charge in [0.1, 0.15) is 5.82 Å². The molecule has 1 saturated heterocycles. The molecule has 1 N–H and O–H groups in total. The van der Waals surface area contributed by atoms with Crippen molar-refractivity contribution in [3.8, 4) is 0 Å². The fourth-order valence-electron chi connectivity index (χ4n) is 4.41. The molecule has 0 spiro atoms. The lowest BCUT2D eigenvalue weighted by Crippen LogP contribution is -2.39. The Kier molecular flexibility index (Phi) is 6.74. The number of hydrogen-bond acceptors (Lipinski definition) is 2. The smallest absolute Gasteiger partial charge is 0.303 e. The average molecular weight is 396 g/mol. The highest BCUT2D eigenvalue weighted by Crippen LogP contribution is 2.33. The molecule has 148 valence electrons. The van der Waals surface area contributed by atoms with Crippen molar-refractivity contribution in [2.45, 2.75) is 70.3 Å². The average Bonchev–Trinajstić information content (AvgIpc) is 3.01. The molecule has 1 amide bonds. The number of benzene rings is 1. The normalized spacial score (nSPS) is 21.0. The maximum Gasteiger partial charge on any atom is 0.303 e.